The van der Waals surface area contributed by atoms with Crippen molar-refractivity contribution < 1.29 is 18.0 Å². The first-order chi connectivity index (χ1) is 15.8. The van der Waals surface area contributed by atoms with E-state index in [9.17, 15) is 18.0 Å². The molecule has 1 aromatic heterocycles. The summed E-state index contributed by atoms with van der Waals surface area (Å²) in [7, 11) is 0. The van der Waals surface area contributed by atoms with Crippen LogP contribution in [0.3, 0.4) is 0 Å². The molecule has 2 heterocycles. The van der Waals surface area contributed by atoms with Crippen LogP contribution < -0.4 is 10.2 Å². The minimum Gasteiger partial charge on any atom is -0.340 e. The van der Waals surface area contributed by atoms with Gasteiger partial charge < -0.3 is 10.2 Å². The van der Waals surface area contributed by atoms with Crippen molar-refractivity contribution in [2.75, 3.05) is 16.8 Å². The van der Waals surface area contributed by atoms with Gasteiger partial charge in [0.1, 0.15) is 0 Å². The summed E-state index contributed by atoms with van der Waals surface area (Å²) in [4.78, 5) is 17.9. The average molecular weight is 447 g/mol. The fraction of sp³-hybridized carbons (Fsp3) is 0.154. The molecule has 0 aliphatic carbocycles. The lowest BCUT2D eigenvalue weighted by molar-refractivity contribution is -0.137. The van der Waals surface area contributed by atoms with Crippen LogP contribution in [0.4, 0.5) is 30.2 Å². The number of fused-ring (bicyclic) bond motifs is 2. The van der Waals surface area contributed by atoms with Crippen LogP contribution in [0, 0.1) is 0 Å². The van der Waals surface area contributed by atoms with E-state index < -0.39 is 11.7 Å². The molecule has 1 amide bonds. The zero-order chi connectivity index (χ0) is 23.2. The average Bonchev–Trinajstić information content (AvgIpc) is 3.21. The molecule has 1 N–H and O–H groups in total. The Morgan fingerprint density at radius 1 is 1.03 bits per heavy atom. The normalized spacial score (nSPS) is 13.3. The first kappa shape index (κ1) is 21.0. The van der Waals surface area contributed by atoms with Crippen molar-refractivity contribution in [1.82, 2.24) is 4.98 Å². The molecule has 0 atom stereocenters. The number of aromatic nitrogens is 1. The molecule has 0 spiro atoms. The molecular weight excluding hydrogens is 427 g/mol. The van der Waals surface area contributed by atoms with Gasteiger partial charge in [0.05, 0.1) is 16.9 Å². The molecule has 7 heteroatoms. The van der Waals surface area contributed by atoms with Crippen LogP contribution in [-0.4, -0.2) is 17.4 Å². The third-order valence-electron chi connectivity index (χ3n) is 5.90. The van der Waals surface area contributed by atoms with Crippen LogP contribution in [0.1, 0.15) is 18.1 Å². The third kappa shape index (κ3) is 3.69. The van der Waals surface area contributed by atoms with Crippen molar-refractivity contribution >= 4 is 33.7 Å². The third-order valence-corrected chi connectivity index (χ3v) is 5.90. The summed E-state index contributed by atoms with van der Waals surface area (Å²) in [5.41, 5.74) is 2.31. The molecule has 33 heavy (non-hydrogen) atoms. The van der Waals surface area contributed by atoms with Crippen molar-refractivity contribution in [1.29, 1.82) is 0 Å². The minimum atomic E-state index is -4.58. The topological polar surface area (TPSA) is 45.2 Å². The predicted molar refractivity (Wildman–Crippen MR) is 124 cm³/mol. The summed E-state index contributed by atoms with van der Waals surface area (Å²) in [6, 6.07) is 17.1. The van der Waals surface area contributed by atoms with Gasteiger partial charge in [-0.25, -0.2) is 0 Å². The van der Waals surface area contributed by atoms with Gasteiger partial charge in [-0.15, -0.1) is 0 Å². The molecule has 1 aliphatic heterocycles. The van der Waals surface area contributed by atoms with Crippen LogP contribution in [0.15, 0.2) is 73.1 Å². The quantitative estimate of drug-likeness (QED) is 0.386. The van der Waals surface area contributed by atoms with Crippen LogP contribution >= 0.6 is 0 Å². The molecular formula is C26H20F3N3O. The van der Waals surface area contributed by atoms with Gasteiger partial charge >= 0.3 is 6.18 Å². The predicted octanol–water partition coefficient (Wildman–Crippen LogP) is 6.57. The Morgan fingerprint density at radius 2 is 1.85 bits per heavy atom. The summed E-state index contributed by atoms with van der Waals surface area (Å²) in [5, 5.41) is 4.31. The zero-order valence-electron chi connectivity index (χ0n) is 17.8. The van der Waals surface area contributed by atoms with Crippen LogP contribution in [-0.2, 0) is 17.4 Å². The van der Waals surface area contributed by atoms with E-state index in [2.05, 4.69) is 10.3 Å². The molecule has 0 saturated carbocycles. The van der Waals surface area contributed by atoms with Crippen molar-refractivity contribution in [2.24, 2.45) is 0 Å². The van der Waals surface area contributed by atoms with Gasteiger partial charge in [-0.3, -0.25) is 9.78 Å². The molecule has 0 saturated heterocycles. The number of alkyl halides is 3. The minimum absolute atomic E-state index is 0.0445. The molecule has 4 nitrogen and oxygen atoms in total. The van der Waals surface area contributed by atoms with E-state index in [1.165, 1.54) is 13.0 Å². The van der Waals surface area contributed by atoms with Gasteiger partial charge in [0.15, 0.2) is 0 Å². The highest BCUT2D eigenvalue weighted by Crippen LogP contribution is 2.50. The Labute approximate surface area is 188 Å². The van der Waals surface area contributed by atoms with E-state index in [1.54, 1.807) is 35.5 Å². The Hall–Kier alpha value is -3.87. The molecule has 1 aliphatic rings. The number of para-hydroxylation sites is 1. The van der Waals surface area contributed by atoms with E-state index in [4.69, 9.17) is 0 Å². The number of rotatable bonds is 3. The van der Waals surface area contributed by atoms with Crippen molar-refractivity contribution in [3.63, 3.8) is 0 Å². The zero-order valence-corrected chi connectivity index (χ0v) is 17.8. The number of halogens is 3. The standard InChI is InChI=1S/C26H20F3N3O/c1-16(33)31-22-10-9-21(26(27,28)29)25(32-14-12-17-5-2-3-8-23(17)32)24(22)20-7-4-6-18-15-30-13-11-19(18)20/h2-11,13,15H,12,14H2,1H3,(H,31,33). The molecule has 3 aromatic carbocycles. The maximum atomic E-state index is 14.4. The van der Waals surface area contributed by atoms with E-state index in [0.29, 0.717) is 29.8 Å². The van der Waals surface area contributed by atoms with E-state index in [-0.39, 0.29) is 11.6 Å². The van der Waals surface area contributed by atoms with Gasteiger partial charge in [0.2, 0.25) is 5.91 Å². The van der Waals surface area contributed by atoms with Gasteiger partial charge in [-0.1, -0.05) is 36.4 Å². The lowest BCUT2D eigenvalue weighted by atomic mass is 9.93. The van der Waals surface area contributed by atoms with Crippen LogP contribution in [0.5, 0.6) is 0 Å². The first-order valence-electron chi connectivity index (χ1n) is 10.5. The molecule has 0 radical (unpaired) electrons. The molecule has 166 valence electrons. The summed E-state index contributed by atoms with van der Waals surface area (Å²) in [6.45, 7) is 1.75. The number of nitrogens with one attached hydrogen (secondary N) is 1. The number of carbonyl (C=O) groups excluding carboxylic acids is 1. The summed E-state index contributed by atoms with van der Waals surface area (Å²) >= 11 is 0. The van der Waals surface area contributed by atoms with E-state index >= 15 is 0 Å². The van der Waals surface area contributed by atoms with Crippen LogP contribution in [0.2, 0.25) is 0 Å². The Balaban J connectivity index is 1.89. The first-order valence-corrected chi connectivity index (χ1v) is 10.5. The second-order valence-electron chi connectivity index (χ2n) is 8.00. The second kappa shape index (κ2) is 7.92. The number of nitrogens with zero attached hydrogens (tertiary/aromatic N) is 2. The van der Waals surface area contributed by atoms with Crippen molar-refractivity contribution in [3.05, 3.63) is 84.2 Å². The molecule has 4 aromatic rings. The lowest BCUT2D eigenvalue weighted by Crippen LogP contribution is -2.21. The number of benzene rings is 3. The Kier molecular flexibility index (Phi) is 5.04. The summed E-state index contributed by atoms with van der Waals surface area (Å²) in [6.07, 6.45) is -0.656. The Bertz CT molecular complexity index is 1380. The number of anilines is 3. The van der Waals surface area contributed by atoms with Gasteiger partial charge in [-0.05, 0) is 47.2 Å². The van der Waals surface area contributed by atoms with Crippen molar-refractivity contribution in [2.45, 2.75) is 19.5 Å². The largest absolute Gasteiger partial charge is 0.418 e. The summed E-state index contributed by atoms with van der Waals surface area (Å²) in [5.74, 6) is -0.356. The monoisotopic (exact) mass is 447 g/mol. The number of hydrogen-bond donors (Lipinski definition) is 1. The molecule has 0 unspecified atom stereocenters. The lowest BCUT2D eigenvalue weighted by Gasteiger charge is -2.29. The number of hydrogen-bond acceptors (Lipinski definition) is 3. The number of carbonyl (C=O) groups is 1. The highest BCUT2D eigenvalue weighted by molar-refractivity contribution is 6.07. The van der Waals surface area contributed by atoms with Gasteiger partial charge in [0.25, 0.3) is 0 Å². The van der Waals surface area contributed by atoms with Gasteiger partial charge in [0, 0.05) is 42.5 Å². The SMILES string of the molecule is CC(=O)Nc1ccc(C(F)(F)F)c(N2CCc3ccccc32)c1-c1cccc2cnccc12. The summed E-state index contributed by atoms with van der Waals surface area (Å²) < 4.78 is 43.1. The van der Waals surface area contributed by atoms with Crippen LogP contribution in [0.25, 0.3) is 21.9 Å². The molecule has 0 fully saturated rings. The number of amides is 1. The van der Waals surface area contributed by atoms with Crippen molar-refractivity contribution in [3.8, 4) is 11.1 Å². The maximum absolute atomic E-state index is 14.4. The fourth-order valence-electron chi connectivity index (χ4n) is 4.58. The smallest absolute Gasteiger partial charge is 0.340 e. The van der Waals surface area contributed by atoms with E-state index in [1.807, 2.05) is 30.3 Å². The molecule has 0 bridgehead atoms. The number of pyridine rings is 1. The maximum Gasteiger partial charge on any atom is 0.418 e. The highest BCUT2D eigenvalue weighted by atomic mass is 19.4. The van der Waals surface area contributed by atoms with Gasteiger partial charge in [-0.2, -0.15) is 13.2 Å². The Morgan fingerprint density at radius 3 is 2.64 bits per heavy atom. The van der Waals surface area contributed by atoms with E-state index in [0.717, 1.165) is 28.1 Å². The highest BCUT2D eigenvalue weighted by Gasteiger charge is 2.39. The molecule has 5 rings (SSSR count). The second-order valence-corrected chi connectivity index (χ2v) is 8.00. The fourth-order valence-corrected chi connectivity index (χ4v) is 4.58.